The zero-order valence-corrected chi connectivity index (χ0v) is 10.6. The molecule has 1 aromatic heterocycles. The zero-order chi connectivity index (χ0) is 12.1. The summed E-state index contributed by atoms with van der Waals surface area (Å²) >= 11 is 1.58. The maximum atomic E-state index is 11.4. The Labute approximate surface area is 99.2 Å². The van der Waals surface area contributed by atoms with Gasteiger partial charge in [-0.2, -0.15) is 0 Å². The van der Waals surface area contributed by atoms with E-state index in [1.54, 1.807) is 16.8 Å². The van der Waals surface area contributed by atoms with Gasteiger partial charge in [0.05, 0.1) is 18.3 Å². The molecule has 0 aliphatic heterocycles. The molecule has 1 unspecified atom stereocenters. The highest BCUT2D eigenvalue weighted by atomic mass is 32.1. The number of esters is 1. The lowest BCUT2D eigenvalue weighted by Gasteiger charge is -2.24. The molecule has 1 aromatic rings. The van der Waals surface area contributed by atoms with Crippen molar-refractivity contribution in [2.45, 2.75) is 19.5 Å². The first-order valence-electron chi connectivity index (χ1n) is 4.97. The molecule has 5 nitrogen and oxygen atoms in total. The molecule has 1 heterocycles. The second kappa shape index (κ2) is 5.93. The third-order valence-corrected chi connectivity index (χ3v) is 3.39. The topological polar surface area (TPSA) is 68.5 Å². The van der Waals surface area contributed by atoms with E-state index in [2.05, 4.69) is 4.98 Å². The summed E-state index contributed by atoms with van der Waals surface area (Å²) in [5.74, 6) is -0.299. The molecule has 0 aliphatic rings. The maximum absolute atomic E-state index is 11.4. The minimum Gasteiger partial charge on any atom is -0.468 e. The average Bonchev–Trinajstić information content (AvgIpc) is 2.65. The highest BCUT2D eigenvalue weighted by Gasteiger charge is 2.23. The number of thiazole rings is 1. The van der Waals surface area contributed by atoms with Crippen molar-refractivity contribution in [3.05, 3.63) is 16.1 Å². The highest BCUT2D eigenvalue weighted by Crippen LogP contribution is 2.15. The van der Waals surface area contributed by atoms with Crippen LogP contribution in [0.3, 0.4) is 0 Å². The van der Waals surface area contributed by atoms with Gasteiger partial charge in [-0.05, 0) is 14.0 Å². The molecule has 90 valence electrons. The summed E-state index contributed by atoms with van der Waals surface area (Å²) < 4.78 is 4.70. The second-order valence-electron chi connectivity index (χ2n) is 3.55. The molecule has 0 saturated carbocycles. The fourth-order valence-corrected chi connectivity index (χ4v) is 2.25. The summed E-state index contributed by atoms with van der Waals surface area (Å²) in [6, 6.07) is -0.397. The normalized spacial score (nSPS) is 12.8. The Bertz CT molecular complexity index is 354. The van der Waals surface area contributed by atoms with Gasteiger partial charge in [0.25, 0.3) is 0 Å². The van der Waals surface area contributed by atoms with Crippen LogP contribution in [0.15, 0.2) is 5.51 Å². The van der Waals surface area contributed by atoms with Gasteiger partial charge in [0, 0.05) is 18.0 Å². The molecule has 1 rings (SSSR count). The Hall–Kier alpha value is -0.980. The molecule has 0 spiro atoms. The molecule has 0 saturated heterocycles. The number of aromatic nitrogens is 1. The lowest BCUT2D eigenvalue weighted by atomic mass is 10.2. The van der Waals surface area contributed by atoms with Crippen molar-refractivity contribution in [2.75, 3.05) is 20.7 Å². The Morgan fingerprint density at radius 3 is 2.88 bits per heavy atom. The number of hydrogen-bond acceptors (Lipinski definition) is 6. The van der Waals surface area contributed by atoms with E-state index in [-0.39, 0.29) is 12.5 Å². The van der Waals surface area contributed by atoms with E-state index in [9.17, 15) is 4.79 Å². The SMILES string of the molecule is COC(=O)C(CN)N(C)Cc1scnc1C. The third kappa shape index (κ3) is 3.01. The number of nitrogens with zero attached hydrogens (tertiary/aromatic N) is 2. The van der Waals surface area contributed by atoms with Crippen molar-refractivity contribution in [3.63, 3.8) is 0 Å². The van der Waals surface area contributed by atoms with Crippen LogP contribution in [0.1, 0.15) is 10.6 Å². The molecule has 6 heteroatoms. The van der Waals surface area contributed by atoms with Gasteiger partial charge in [-0.25, -0.2) is 4.98 Å². The quantitative estimate of drug-likeness (QED) is 0.757. The maximum Gasteiger partial charge on any atom is 0.324 e. The number of ether oxygens (including phenoxy) is 1. The first kappa shape index (κ1) is 13.1. The van der Waals surface area contributed by atoms with Crippen molar-refractivity contribution in [2.24, 2.45) is 5.73 Å². The minimum atomic E-state index is -0.397. The van der Waals surface area contributed by atoms with Gasteiger partial charge in [-0.1, -0.05) is 0 Å². The number of carbonyl (C=O) groups excluding carboxylic acids is 1. The zero-order valence-electron chi connectivity index (χ0n) is 9.77. The molecule has 0 aliphatic carbocycles. The van der Waals surface area contributed by atoms with Gasteiger partial charge in [-0.3, -0.25) is 9.69 Å². The molecule has 2 N–H and O–H groups in total. The van der Waals surface area contributed by atoms with Crippen LogP contribution in [0.25, 0.3) is 0 Å². The van der Waals surface area contributed by atoms with Crippen molar-refractivity contribution in [3.8, 4) is 0 Å². The van der Waals surface area contributed by atoms with Gasteiger partial charge in [0.1, 0.15) is 6.04 Å². The summed E-state index contributed by atoms with van der Waals surface area (Å²) in [5, 5.41) is 0. The predicted molar refractivity (Wildman–Crippen MR) is 63.2 cm³/mol. The summed E-state index contributed by atoms with van der Waals surface area (Å²) in [4.78, 5) is 18.6. The first-order chi connectivity index (χ1) is 7.60. The standard InChI is InChI=1S/C10H17N3O2S/c1-7-9(16-6-12-7)5-13(2)8(4-11)10(14)15-3/h6,8H,4-5,11H2,1-3H3. The molecule has 1 atom stereocenters. The van der Waals surface area contributed by atoms with Gasteiger partial charge in [0.2, 0.25) is 0 Å². The van der Waals surface area contributed by atoms with Gasteiger partial charge in [-0.15, -0.1) is 11.3 Å². The van der Waals surface area contributed by atoms with Gasteiger partial charge in [0.15, 0.2) is 0 Å². The van der Waals surface area contributed by atoms with E-state index in [0.717, 1.165) is 10.6 Å². The smallest absolute Gasteiger partial charge is 0.324 e. The number of nitrogens with two attached hydrogens (primary N) is 1. The minimum absolute atomic E-state index is 0.251. The molecule has 0 bridgehead atoms. The summed E-state index contributed by atoms with van der Waals surface area (Å²) in [6.07, 6.45) is 0. The summed E-state index contributed by atoms with van der Waals surface area (Å²) in [6.45, 7) is 2.86. The van der Waals surface area contributed by atoms with E-state index in [1.165, 1.54) is 7.11 Å². The Morgan fingerprint density at radius 1 is 1.75 bits per heavy atom. The lowest BCUT2D eigenvalue weighted by Crippen LogP contribution is -2.44. The largest absolute Gasteiger partial charge is 0.468 e. The fraction of sp³-hybridized carbons (Fsp3) is 0.600. The molecule has 16 heavy (non-hydrogen) atoms. The van der Waals surface area contributed by atoms with Gasteiger partial charge >= 0.3 is 5.97 Å². The fourth-order valence-electron chi connectivity index (χ4n) is 1.41. The Morgan fingerprint density at radius 2 is 2.44 bits per heavy atom. The molecule has 0 amide bonds. The van der Waals surface area contributed by atoms with Crippen molar-refractivity contribution in [1.29, 1.82) is 0 Å². The third-order valence-electron chi connectivity index (χ3n) is 2.47. The van der Waals surface area contributed by atoms with E-state index in [4.69, 9.17) is 10.5 Å². The van der Waals surface area contributed by atoms with Crippen LogP contribution >= 0.6 is 11.3 Å². The summed E-state index contributed by atoms with van der Waals surface area (Å²) in [7, 11) is 3.23. The summed E-state index contributed by atoms with van der Waals surface area (Å²) in [5.41, 5.74) is 8.36. The van der Waals surface area contributed by atoms with Crippen LogP contribution in [-0.4, -0.2) is 42.6 Å². The Balaban J connectivity index is 2.66. The van der Waals surface area contributed by atoms with Crippen LogP contribution < -0.4 is 5.73 Å². The van der Waals surface area contributed by atoms with E-state index < -0.39 is 6.04 Å². The number of hydrogen-bond donors (Lipinski definition) is 1. The molecular formula is C10H17N3O2S. The van der Waals surface area contributed by atoms with Crippen LogP contribution in [-0.2, 0) is 16.1 Å². The highest BCUT2D eigenvalue weighted by molar-refractivity contribution is 7.09. The van der Waals surface area contributed by atoms with Crippen molar-refractivity contribution < 1.29 is 9.53 Å². The average molecular weight is 243 g/mol. The second-order valence-corrected chi connectivity index (χ2v) is 4.49. The molecular weight excluding hydrogens is 226 g/mol. The van der Waals surface area contributed by atoms with E-state index in [0.29, 0.717) is 6.54 Å². The number of methoxy groups -OCH3 is 1. The Kier molecular flexibility index (Phi) is 4.85. The van der Waals surface area contributed by atoms with Gasteiger partial charge < -0.3 is 10.5 Å². The molecule has 0 fully saturated rings. The van der Waals surface area contributed by atoms with Crippen LogP contribution in [0.4, 0.5) is 0 Å². The van der Waals surface area contributed by atoms with E-state index in [1.807, 2.05) is 18.9 Å². The van der Waals surface area contributed by atoms with Crippen molar-refractivity contribution in [1.82, 2.24) is 9.88 Å². The number of carbonyl (C=O) groups is 1. The first-order valence-corrected chi connectivity index (χ1v) is 5.85. The molecule has 0 aromatic carbocycles. The van der Waals surface area contributed by atoms with Crippen LogP contribution in [0.5, 0.6) is 0 Å². The number of aryl methyl sites for hydroxylation is 1. The van der Waals surface area contributed by atoms with E-state index >= 15 is 0 Å². The monoisotopic (exact) mass is 243 g/mol. The molecule has 0 radical (unpaired) electrons. The predicted octanol–water partition coefficient (Wildman–Crippen LogP) is 0.384. The number of rotatable bonds is 5. The van der Waals surface area contributed by atoms with Crippen molar-refractivity contribution >= 4 is 17.3 Å². The van der Waals surface area contributed by atoms with Crippen LogP contribution in [0, 0.1) is 6.92 Å². The number of likely N-dealkylation sites (N-methyl/N-ethyl adjacent to an activating group) is 1. The lowest BCUT2D eigenvalue weighted by molar-refractivity contribution is -0.146. The van der Waals surface area contributed by atoms with Crippen LogP contribution in [0.2, 0.25) is 0 Å².